The van der Waals surface area contributed by atoms with Crippen molar-refractivity contribution in [3.05, 3.63) is 47.8 Å². The molecule has 3 nitrogen and oxygen atoms in total. The number of alkyl halides is 1. The van der Waals surface area contributed by atoms with Gasteiger partial charge in [-0.15, -0.1) is 11.6 Å². The molecule has 0 atom stereocenters. The van der Waals surface area contributed by atoms with Crippen molar-refractivity contribution in [3.63, 3.8) is 0 Å². The van der Waals surface area contributed by atoms with Crippen molar-refractivity contribution in [1.82, 2.24) is 4.98 Å². The molecule has 0 saturated heterocycles. The van der Waals surface area contributed by atoms with Gasteiger partial charge in [-0.1, -0.05) is 6.07 Å². The van der Waals surface area contributed by atoms with Gasteiger partial charge in [0.2, 0.25) is 0 Å². The highest BCUT2D eigenvalue weighted by Crippen LogP contribution is 2.32. The molecular weight excluding hydrogens is 250 g/mol. The minimum Gasteiger partial charge on any atom is -0.493 e. The molecule has 0 aliphatic rings. The average Bonchev–Trinajstić information content (AvgIpc) is 2.41. The van der Waals surface area contributed by atoms with Gasteiger partial charge in [0.25, 0.3) is 0 Å². The molecule has 0 spiro atoms. The second-order valence-corrected chi connectivity index (χ2v) is 4.14. The number of halogens is 1. The van der Waals surface area contributed by atoms with E-state index in [-0.39, 0.29) is 0 Å². The van der Waals surface area contributed by atoms with Crippen molar-refractivity contribution in [2.45, 2.75) is 12.8 Å². The Hall–Kier alpha value is -1.74. The van der Waals surface area contributed by atoms with Crippen LogP contribution in [0.15, 0.2) is 36.5 Å². The zero-order chi connectivity index (χ0) is 13.0. The van der Waals surface area contributed by atoms with Gasteiger partial charge in [-0.3, -0.25) is 4.98 Å². The molecule has 2 rings (SSSR count). The van der Waals surface area contributed by atoms with Gasteiger partial charge in [-0.2, -0.15) is 0 Å². The summed E-state index contributed by atoms with van der Waals surface area (Å²) in [6, 6.07) is 9.39. The van der Waals surface area contributed by atoms with Crippen molar-refractivity contribution < 1.29 is 9.47 Å². The second kappa shape index (κ2) is 5.74. The minimum atomic E-state index is 0.363. The molecule has 0 amide bonds. The summed E-state index contributed by atoms with van der Waals surface area (Å²) in [5, 5.41) is 0. The Bertz CT molecular complexity index is 543. The Morgan fingerprint density at radius 3 is 2.72 bits per heavy atom. The van der Waals surface area contributed by atoms with Crippen LogP contribution in [0.25, 0.3) is 0 Å². The van der Waals surface area contributed by atoms with Crippen LogP contribution in [0.4, 0.5) is 0 Å². The van der Waals surface area contributed by atoms with Gasteiger partial charge in [0.05, 0.1) is 18.7 Å². The van der Waals surface area contributed by atoms with Crippen LogP contribution in [0.2, 0.25) is 0 Å². The summed E-state index contributed by atoms with van der Waals surface area (Å²) in [4.78, 5) is 4.11. The molecule has 1 aromatic carbocycles. The van der Waals surface area contributed by atoms with Crippen LogP contribution in [0.5, 0.6) is 17.2 Å². The zero-order valence-electron chi connectivity index (χ0n) is 10.3. The Morgan fingerprint density at radius 2 is 2.00 bits per heavy atom. The smallest absolute Gasteiger partial charge is 0.169 e. The molecule has 0 saturated carbocycles. The van der Waals surface area contributed by atoms with Crippen LogP contribution in [-0.4, -0.2) is 12.1 Å². The zero-order valence-corrected chi connectivity index (χ0v) is 11.1. The number of aryl methyl sites for hydroxylation is 1. The molecule has 1 aromatic heterocycles. The fourth-order valence-electron chi connectivity index (χ4n) is 1.58. The highest BCUT2D eigenvalue weighted by molar-refractivity contribution is 6.16. The van der Waals surface area contributed by atoms with Gasteiger partial charge in [-0.05, 0) is 30.7 Å². The molecule has 0 unspecified atom stereocenters. The van der Waals surface area contributed by atoms with Crippen molar-refractivity contribution in [2.24, 2.45) is 0 Å². The number of benzene rings is 1. The summed E-state index contributed by atoms with van der Waals surface area (Å²) in [5.41, 5.74) is 1.90. The van der Waals surface area contributed by atoms with E-state index in [0.29, 0.717) is 23.1 Å². The van der Waals surface area contributed by atoms with E-state index in [9.17, 15) is 0 Å². The largest absolute Gasteiger partial charge is 0.493 e. The Labute approximate surface area is 111 Å². The van der Waals surface area contributed by atoms with Gasteiger partial charge >= 0.3 is 0 Å². The number of nitrogens with zero attached hydrogens (tertiary/aromatic N) is 1. The van der Waals surface area contributed by atoms with Crippen LogP contribution >= 0.6 is 11.6 Å². The van der Waals surface area contributed by atoms with Crippen LogP contribution in [0.3, 0.4) is 0 Å². The molecule has 4 heteroatoms. The number of hydrogen-bond donors (Lipinski definition) is 0. The highest BCUT2D eigenvalue weighted by Gasteiger charge is 2.06. The monoisotopic (exact) mass is 263 g/mol. The van der Waals surface area contributed by atoms with E-state index in [0.717, 1.165) is 11.3 Å². The molecule has 2 aromatic rings. The van der Waals surface area contributed by atoms with Gasteiger partial charge < -0.3 is 9.47 Å². The summed E-state index contributed by atoms with van der Waals surface area (Å²) in [7, 11) is 1.62. The normalized spacial score (nSPS) is 10.2. The molecule has 0 fully saturated rings. The summed E-state index contributed by atoms with van der Waals surface area (Å²) < 4.78 is 11.1. The number of pyridine rings is 1. The van der Waals surface area contributed by atoms with Crippen molar-refractivity contribution >= 4 is 11.6 Å². The Morgan fingerprint density at radius 1 is 1.17 bits per heavy atom. The van der Waals surface area contributed by atoms with E-state index in [1.54, 1.807) is 19.4 Å². The molecule has 0 aliphatic heterocycles. The third-order valence-electron chi connectivity index (χ3n) is 2.47. The Kier molecular flexibility index (Phi) is 4.05. The van der Waals surface area contributed by atoms with E-state index in [2.05, 4.69) is 4.98 Å². The molecule has 0 N–H and O–H groups in total. The van der Waals surface area contributed by atoms with Crippen LogP contribution < -0.4 is 9.47 Å². The molecular formula is C14H14ClNO2. The van der Waals surface area contributed by atoms with E-state index in [4.69, 9.17) is 21.1 Å². The number of ether oxygens (including phenoxy) is 2. The number of aromatic nitrogens is 1. The van der Waals surface area contributed by atoms with E-state index in [1.807, 2.05) is 31.2 Å². The lowest BCUT2D eigenvalue weighted by atomic mass is 10.2. The highest BCUT2D eigenvalue weighted by atomic mass is 35.5. The summed E-state index contributed by atoms with van der Waals surface area (Å²) in [6.07, 6.45) is 1.67. The molecule has 0 radical (unpaired) electrons. The first-order valence-electron chi connectivity index (χ1n) is 5.56. The molecule has 94 valence electrons. The lowest BCUT2D eigenvalue weighted by Crippen LogP contribution is -1.92. The van der Waals surface area contributed by atoms with Gasteiger partial charge in [0, 0.05) is 12.3 Å². The summed E-state index contributed by atoms with van der Waals surface area (Å²) >= 11 is 5.74. The first-order valence-corrected chi connectivity index (χ1v) is 6.10. The molecule has 1 heterocycles. The SMILES string of the molecule is COc1cc(C)ccc1Oc1ccnc(CCl)c1. The van der Waals surface area contributed by atoms with E-state index < -0.39 is 0 Å². The van der Waals surface area contributed by atoms with Crippen molar-refractivity contribution in [2.75, 3.05) is 7.11 Å². The van der Waals surface area contributed by atoms with Crippen molar-refractivity contribution in [1.29, 1.82) is 0 Å². The predicted octanol–water partition coefficient (Wildman–Crippen LogP) is 3.93. The number of hydrogen-bond acceptors (Lipinski definition) is 3. The maximum absolute atomic E-state index is 5.77. The van der Waals surface area contributed by atoms with Gasteiger partial charge in [0.1, 0.15) is 5.75 Å². The second-order valence-electron chi connectivity index (χ2n) is 3.87. The van der Waals surface area contributed by atoms with Gasteiger partial charge in [-0.25, -0.2) is 0 Å². The maximum Gasteiger partial charge on any atom is 0.169 e. The topological polar surface area (TPSA) is 31.4 Å². The quantitative estimate of drug-likeness (QED) is 0.783. The van der Waals surface area contributed by atoms with E-state index >= 15 is 0 Å². The fraction of sp³-hybridized carbons (Fsp3) is 0.214. The van der Waals surface area contributed by atoms with Crippen LogP contribution in [0, 0.1) is 6.92 Å². The summed E-state index contributed by atoms with van der Waals surface area (Å²) in [6.45, 7) is 2.00. The predicted molar refractivity (Wildman–Crippen MR) is 71.6 cm³/mol. The minimum absolute atomic E-state index is 0.363. The third kappa shape index (κ3) is 2.93. The maximum atomic E-state index is 5.77. The van der Waals surface area contributed by atoms with Crippen molar-refractivity contribution in [3.8, 4) is 17.2 Å². The lowest BCUT2D eigenvalue weighted by Gasteiger charge is -2.11. The Balaban J connectivity index is 2.27. The first-order chi connectivity index (χ1) is 8.72. The summed E-state index contributed by atoms with van der Waals surface area (Å²) in [5.74, 6) is 2.44. The average molecular weight is 264 g/mol. The number of rotatable bonds is 4. The van der Waals surface area contributed by atoms with Crippen LogP contribution in [0.1, 0.15) is 11.3 Å². The van der Waals surface area contributed by atoms with E-state index in [1.165, 1.54) is 0 Å². The number of methoxy groups -OCH3 is 1. The standard InChI is InChI=1S/C14H14ClNO2/c1-10-3-4-13(14(7-10)17-2)18-12-5-6-16-11(8-12)9-15/h3-8H,9H2,1-2H3. The molecule has 18 heavy (non-hydrogen) atoms. The van der Waals surface area contributed by atoms with Crippen LogP contribution in [-0.2, 0) is 5.88 Å². The molecule has 0 bridgehead atoms. The molecule has 0 aliphatic carbocycles. The third-order valence-corrected chi connectivity index (χ3v) is 2.75. The first kappa shape index (κ1) is 12.7. The van der Waals surface area contributed by atoms with Gasteiger partial charge in [0.15, 0.2) is 11.5 Å². The lowest BCUT2D eigenvalue weighted by molar-refractivity contribution is 0.378. The fourth-order valence-corrected chi connectivity index (χ4v) is 1.72.